The van der Waals surface area contributed by atoms with Gasteiger partial charge in [0.2, 0.25) is 0 Å². The van der Waals surface area contributed by atoms with Gasteiger partial charge in [-0.05, 0) is 12.8 Å². The molecule has 5 heteroatoms. The Morgan fingerprint density at radius 2 is 2.33 bits per heavy atom. The van der Waals surface area contributed by atoms with Crippen molar-refractivity contribution in [1.82, 2.24) is 10.3 Å². The number of methoxy groups -OCH3 is 2. The van der Waals surface area contributed by atoms with E-state index < -0.39 is 0 Å². The fourth-order valence-electron chi connectivity index (χ4n) is 2.13. The van der Waals surface area contributed by atoms with Crippen LogP contribution in [0.2, 0.25) is 0 Å². The van der Waals surface area contributed by atoms with Crippen LogP contribution in [0.25, 0.3) is 0 Å². The van der Waals surface area contributed by atoms with E-state index in [1.807, 2.05) is 0 Å². The molecule has 0 radical (unpaired) electrons. The number of ether oxygens (including phenoxy) is 3. The summed E-state index contributed by atoms with van der Waals surface area (Å²) in [4.78, 5) is 4.31. The van der Waals surface area contributed by atoms with Crippen molar-refractivity contribution in [3.05, 3.63) is 18.0 Å². The Kier molecular flexibility index (Phi) is 4.78. The first-order valence-corrected chi connectivity index (χ1v) is 6.23. The highest BCUT2D eigenvalue weighted by atomic mass is 16.5. The van der Waals surface area contributed by atoms with E-state index in [0.29, 0.717) is 24.1 Å². The molecule has 1 N–H and O–H groups in total. The largest absolute Gasteiger partial charge is 0.493 e. The van der Waals surface area contributed by atoms with E-state index >= 15 is 0 Å². The first kappa shape index (κ1) is 13.1. The highest BCUT2D eigenvalue weighted by Gasteiger charge is 2.16. The molecule has 5 nitrogen and oxygen atoms in total. The smallest absolute Gasteiger partial charge is 0.183 e. The Morgan fingerprint density at radius 1 is 1.44 bits per heavy atom. The summed E-state index contributed by atoms with van der Waals surface area (Å²) in [5, 5.41) is 3.35. The highest BCUT2D eigenvalue weighted by molar-refractivity contribution is 5.42. The quantitative estimate of drug-likeness (QED) is 0.828. The van der Waals surface area contributed by atoms with Crippen molar-refractivity contribution < 1.29 is 14.2 Å². The Hall–Kier alpha value is -1.33. The average Bonchev–Trinajstić information content (AvgIpc) is 2.91. The minimum Gasteiger partial charge on any atom is -0.493 e. The van der Waals surface area contributed by atoms with Gasteiger partial charge >= 0.3 is 0 Å². The summed E-state index contributed by atoms with van der Waals surface area (Å²) >= 11 is 0. The number of pyridine rings is 1. The topological polar surface area (TPSA) is 52.6 Å². The summed E-state index contributed by atoms with van der Waals surface area (Å²) in [5.41, 5.74) is 0.856. The summed E-state index contributed by atoms with van der Waals surface area (Å²) in [7, 11) is 3.25. The van der Waals surface area contributed by atoms with Gasteiger partial charge in [0.05, 0.1) is 26.0 Å². The van der Waals surface area contributed by atoms with E-state index in [-0.39, 0.29) is 0 Å². The zero-order chi connectivity index (χ0) is 12.8. The van der Waals surface area contributed by atoms with E-state index in [1.165, 1.54) is 0 Å². The lowest BCUT2D eigenvalue weighted by Crippen LogP contribution is -2.26. The van der Waals surface area contributed by atoms with Crippen molar-refractivity contribution in [3.63, 3.8) is 0 Å². The minimum absolute atomic E-state index is 0.335. The van der Waals surface area contributed by atoms with Crippen LogP contribution in [-0.2, 0) is 11.3 Å². The van der Waals surface area contributed by atoms with Gasteiger partial charge in [0, 0.05) is 32.0 Å². The van der Waals surface area contributed by atoms with E-state index in [1.54, 1.807) is 26.5 Å². The van der Waals surface area contributed by atoms with Crippen molar-refractivity contribution in [1.29, 1.82) is 0 Å². The maximum absolute atomic E-state index is 5.55. The number of nitrogens with one attached hydrogen (secondary N) is 1. The number of hydrogen-bond donors (Lipinski definition) is 1. The summed E-state index contributed by atoms with van der Waals surface area (Å²) < 4.78 is 16.1. The molecular weight excluding hydrogens is 232 g/mol. The molecule has 0 amide bonds. The molecular formula is C13H20N2O3. The Balaban J connectivity index is 1.91. The predicted octanol–water partition coefficient (Wildman–Crippen LogP) is 1.37. The Bertz CT molecular complexity index is 378. The summed E-state index contributed by atoms with van der Waals surface area (Å²) in [6.07, 6.45) is 4.36. The van der Waals surface area contributed by atoms with Crippen LogP contribution in [0.3, 0.4) is 0 Å². The van der Waals surface area contributed by atoms with E-state index in [0.717, 1.165) is 31.7 Å². The van der Waals surface area contributed by atoms with Crippen molar-refractivity contribution in [2.75, 3.05) is 27.4 Å². The molecule has 0 aromatic carbocycles. The van der Waals surface area contributed by atoms with Gasteiger partial charge in [0.15, 0.2) is 11.5 Å². The molecule has 1 aromatic rings. The maximum Gasteiger partial charge on any atom is 0.183 e. The maximum atomic E-state index is 5.55. The molecule has 18 heavy (non-hydrogen) atoms. The normalized spacial score (nSPS) is 18.9. The van der Waals surface area contributed by atoms with Crippen LogP contribution < -0.4 is 14.8 Å². The minimum atomic E-state index is 0.335. The number of nitrogens with zero attached hydrogens (tertiary/aromatic N) is 1. The zero-order valence-corrected chi connectivity index (χ0v) is 10.9. The van der Waals surface area contributed by atoms with E-state index in [9.17, 15) is 0 Å². The van der Waals surface area contributed by atoms with Gasteiger partial charge in [-0.25, -0.2) is 0 Å². The highest BCUT2D eigenvalue weighted by Crippen LogP contribution is 2.28. The van der Waals surface area contributed by atoms with Crippen LogP contribution in [0.1, 0.15) is 18.5 Å². The first-order valence-electron chi connectivity index (χ1n) is 6.23. The molecule has 1 unspecified atom stereocenters. The van der Waals surface area contributed by atoms with Crippen molar-refractivity contribution in [2.45, 2.75) is 25.5 Å². The molecule has 1 atom stereocenters. The van der Waals surface area contributed by atoms with Crippen LogP contribution in [0.5, 0.6) is 11.5 Å². The van der Waals surface area contributed by atoms with Gasteiger partial charge < -0.3 is 19.5 Å². The number of aromatic nitrogens is 1. The summed E-state index contributed by atoms with van der Waals surface area (Å²) in [6.45, 7) is 2.38. The summed E-state index contributed by atoms with van der Waals surface area (Å²) in [6, 6.07) is 1.79. The van der Waals surface area contributed by atoms with Crippen LogP contribution in [-0.4, -0.2) is 38.5 Å². The van der Waals surface area contributed by atoms with Gasteiger partial charge in [-0.1, -0.05) is 0 Å². The van der Waals surface area contributed by atoms with E-state index in [4.69, 9.17) is 14.2 Å². The van der Waals surface area contributed by atoms with Gasteiger partial charge in [0.1, 0.15) is 0 Å². The van der Waals surface area contributed by atoms with Crippen LogP contribution in [0.15, 0.2) is 12.3 Å². The molecule has 1 aromatic heterocycles. The van der Waals surface area contributed by atoms with Crippen LogP contribution in [0.4, 0.5) is 0 Å². The summed E-state index contributed by atoms with van der Waals surface area (Å²) in [5.74, 6) is 1.40. The Morgan fingerprint density at radius 3 is 3.00 bits per heavy atom. The molecule has 2 heterocycles. The van der Waals surface area contributed by atoms with Gasteiger partial charge in [-0.15, -0.1) is 0 Å². The molecule has 1 aliphatic rings. The molecule has 0 bridgehead atoms. The van der Waals surface area contributed by atoms with Gasteiger partial charge in [0.25, 0.3) is 0 Å². The van der Waals surface area contributed by atoms with Crippen molar-refractivity contribution in [2.24, 2.45) is 0 Å². The third kappa shape index (κ3) is 3.11. The monoisotopic (exact) mass is 252 g/mol. The van der Waals surface area contributed by atoms with E-state index in [2.05, 4.69) is 10.3 Å². The average molecular weight is 252 g/mol. The number of hydrogen-bond acceptors (Lipinski definition) is 5. The molecule has 1 fully saturated rings. The molecule has 0 aliphatic carbocycles. The van der Waals surface area contributed by atoms with Gasteiger partial charge in [-0.2, -0.15) is 0 Å². The fraction of sp³-hybridized carbons (Fsp3) is 0.615. The molecule has 2 rings (SSSR count). The molecule has 0 saturated carbocycles. The second kappa shape index (κ2) is 6.56. The van der Waals surface area contributed by atoms with Crippen LogP contribution in [0, 0.1) is 0 Å². The predicted molar refractivity (Wildman–Crippen MR) is 68.0 cm³/mol. The second-order valence-corrected chi connectivity index (χ2v) is 4.26. The SMILES string of the molecule is COc1ccnc(CNCC2CCCO2)c1OC. The third-order valence-electron chi connectivity index (χ3n) is 3.05. The van der Waals surface area contributed by atoms with Crippen molar-refractivity contribution >= 4 is 0 Å². The number of rotatable bonds is 6. The molecule has 100 valence electrons. The molecule has 1 saturated heterocycles. The van der Waals surface area contributed by atoms with Crippen LogP contribution >= 0.6 is 0 Å². The Labute approximate surface area is 107 Å². The second-order valence-electron chi connectivity index (χ2n) is 4.26. The molecule has 0 spiro atoms. The fourth-order valence-corrected chi connectivity index (χ4v) is 2.13. The lowest BCUT2D eigenvalue weighted by atomic mass is 10.2. The lowest BCUT2D eigenvalue weighted by molar-refractivity contribution is 0.110. The molecule has 1 aliphatic heterocycles. The van der Waals surface area contributed by atoms with Gasteiger partial charge in [-0.3, -0.25) is 4.98 Å². The third-order valence-corrected chi connectivity index (χ3v) is 3.05. The van der Waals surface area contributed by atoms with Crippen molar-refractivity contribution in [3.8, 4) is 11.5 Å². The lowest BCUT2D eigenvalue weighted by Gasteiger charge is -2.13. The first-order chi connectivity index (χ1) is 8.85. The zero-order valence-electron chi connectivity index (χ0n) is 10.9. The standard InChI is InChI=1S/C13H20N2O3/c1-16-12-5-6-15-11(13(12)17-2)9-14-8-10-4-3-7-18-10/h5-6,10,14H,3-4,7-9H2,1-2H3.